The number of aryl methyl sites for hydroxylation is 2. The van der Waals surface area contributed by atoms with Gasteiger partial charge < -0.3 is 10.2 Å². The normalized spacial score (nSPS) is 19.3. The minimum atomic E-state index is -0.0980. The predicted molar refractivity (Wildman–Crippen MR) is 78.5 cm³/mol. The first kappa shape index (κ1) is 15.0. The van der Waals surface area contributed by atoms with Crippen molar-refractivity contribution in [2.24, 2.45) is 7.05 Å². The van der Waals surface area contributed by atoms with Crippen LogP contribution in [0.4, 0.5) is 0 Å². The number of hydrogen-bond donors (Lipinski definition) is 2. The molecule has 0 unspecified atom stereocenters. The summed E-state index contributed by atoms with van der Waals surface area (Å²) in [5.41, 5.74) is 1.53. The maximum absolute atomic E-state index is 12.5. The molecule has 1 aliphatic rings. The Hall–Kier alpha value is -1.36. The molecule has 0 aromatic carbocycles. The fourth-order valence-corrected chi connectivity index (χ4v) is 2.91. The molecule has 0 aliphatic carbocycles. The van der Waals surface area contributed by atoms with Gasteiger partial charge in [0, 0.05) is 31.6 Å². The van der Waals surface area contributed by atoms with E-state index in [-0.39, 0.29) is 11.4 Å². The lowest BCUT2D eigenvalue weighted by atomic mass is 9.89. The Labute approximate surface area is 121 Å². The minimum absolute atomic E-state index is 0.0201. The number of nitrogens with one attached hydrogen (secondary N) is 2. The first-order chi connectivity index (χ1) is 9.32. The lowest BCUT2D eigenvalue weighted by Crippen LogP contribution is -2.55. The van der Waals surface area contributed by atoms with Gasteiger partial charge in [-0.1, -0.05) is 0 Å². The fourth-order valence-electron chi connectivity index (χ4n) is 2.91. The van der Waals surface area contributed by atoms with E-state index in [0.717, 1.165) is 37.3 Å². The van der Waals surface area contributed by atoms with Gasteiger partial charge in [-0.15, -0.1) is 0 Å². The molecular weight excluding hydrogens is 252 g/mol. The summed E-state index contributed by atoms with van der Waals surface area (Å²) in [7, 11) is 1.89. The average molecular weight is 279 g/mol. The van der Waals surface area contributed by atoms with E-state index in [1.54, 1.807) is 0 Å². The summed E-state index contributed by atoms with van der Waals surface area (Å²) in [5, 5.41) is 3.23. The van der Waals surface area contributed by atoms with Gasteiger partial charge in [0.25, 0.3) is 5.91 Å². The standard InChI is InChI=1S/C15H26N4O/c1-11(2)19-8-6-15(4,7-9-19)17-14(20)13-12(3)16-10-18(13)5/h10-11H,6-9H2,1-5H3,(H,17,20)/p+1. The van der Waals surface area contributed by atoms with Crippen molar-refractivity contribution in [1.29, 1.82) is 0 Å². The molecule has 0 spiro atoms. The van der Waals surface area contributed by atoms with E-state index < -0.39 is 0 Å². The number of aromatic nitrogens is 2. The molecule has 1 saturated heterocycles. The summed E-state index contributed by atoms with van der Waals surface area (Å²) >= 11 is 0. The highest BCUT2D eigenvalue weighted by Gasteiger charge is 2.34. The topological polar surface area (TPSA) is 52.0 Å². The zero-order chi connectivity index (χ0) is 14.9. The summed E-state index contributed by atoms with van der Waals surface area (Å²) in [6, 6.07) is 0.583. The van der Waals surface area contributed by atoms with Crippen LogP contribution in [-0.2, 0) is 7.05 Å². The van der Waals surface area contributed by atoms with Gasteiger partial charge in [0.15, 0.2) is 5.69 Å². The lowest BCUT2D eigenvalue weighted by Gasteiger charge is -2.41. The maximum atomic E-state index is 12.5. The third-order valence-corrected chi connectivity index (χ3v) is 4.44. The van der Waals surface area contributed by atoms with E-state index in [4.69, 9.17) is 0 Å². The second-order valence-corrected chi connectivity index (χ2v) is 6.50. The van der Waals surface area contributed by atoms with E-state index in [1.165, 1.54) is 0 Å². The highest BCUT2D eigenvalue weighted by Crippen LogP contribution is 2.23. The van der Waals surface area contributed by atoms with Crippen molar-refractivity contribution < 1.29 is 9.36 Å². The summed E-state index contributed by atoms with van der Waals surface area (Å²) < 4.78 is 1.84. The molecule has 0 radical (unpaired) electrons. The average Bonchev–Trinajstić information content (AvgIpc) is 2.69. The van der Waals surface area contributed by atoms with Gasteiger partial charge in [-0.3, -0.25) is 4.79 Å². The molecule has 2 N–H and O–H groups in total. The van der Waals surface area contributed by atoms with Crippen molar-refractivity contribution in [3.63, 3.8) is 0 Å². The van der Waals surface area contributed by atoms with E-state index in [1.807, 2.05) is 24.9 Å². The smallest absolute Gasteiger partial charge is 0.295 e. The van der Waals surface area contributed by atoms with Crippen LogP contribution in [0.5, 0.6) is 0 Å². The highest BCUT2D eigenvalue weighted by molar-refractivity contribution is 5.92. The van der Waals surface area contributed by atoms with Crippen molar-refractivity contribution in [2.75, 3.05) is 13.1 Å². The number of nitrogens with zero attached hydrogens (tertiary/aromatic N) is 2. The van der Waals surface area contributed by atoms with Crippen molar-refractivity contribution in [3.8, 4) is 0 Å². The molecule has 1 aromatic heterocycles. The monoisotopic (exact) mass is 279 g/mol. The van der Waals surface area contributed by atoms with E-state index in [0.29, 0.717) is 6.04 Å². The first-order valence-corrected chi connectivity index (χ1v) is 7.42. The molecule has 5 nitrogen and oxygen atoms in total. The first-order valence-electron chi connectivity index (χ1n) is 7.42. The van der Waals surface area contributed by atoms with Gasteiger partial charge in [-0.25, -0.2) is 9.55 Å². The molecule has 0 saturated carbocycles. The Balaban J connectivity index is 2.02. The summed E-state index contributed by atoms with van der Waals surface area (Å²) in [4.78, 5) is 18.0. The third kappa shape index (κ3) is 3.03. The molecule has 1 aliphatic heterocycles. The zero-order valence-corrected chi connectivity index (χ0v) is 13.3. The van der Waals surface area contributed by atoms with Crippen LogP contribution in [-0.4, -0.2) is 40.5 Å². The van der Waals surface area contributed by atoms with Crippen molar-refractivity contribution >= 4 is 5.91 Å². The van der Waals surface area contributed by atoms with Crippen LogP contribution in [0.3, 0.4) is 0 Å². The molecule has 1 fully saturated rings. The van der Waals surface area contributed by atoms with Crippen LogP contribution < -0.4 is 9.88 Å². The Bertz CT molecular complexity index is 465. The third-order valence-electron chi connectivity index (χ3n) is 4.44. The van der Waals surface area contributed by atoms with Crippen molar-refractivity contribution in [2.45, 2.75) is 52.1 Å². The van der Waals surface area contributed by atoms with Gasteiger partial charge in [-0.2, -0.15) is 0 Å². The predicted octanol–water partition coefficient (Wildman–Crippen LogP) is 1.14. The number of aromatic amines is 1. The van der Waals surface area contributed by atoms with E-state index in [2.05, 4.69) is 36.0 Å². The van der Waals surface area contributed by atoms with E-state index >= 15 is 0 Å². The number of likely N-dealkylation sites (tertiary alicyclic amines) is 1. The molecule has 20 heavy (non-hydrogen) atoms. The molecule has 1 aromatic rings. The molecule has 112 valence electrons. The highest BCUT2D eigenvalue weighted by atomic mass is 16.2. The summed E-state index contributed by atoms with van der Waals surface area (Å²) in [6.07, 6.45) is 3.82. The van der Waals surface area contributed by atoms with E-state index in [9.17, 15) is 4.79 Å². The van der Waals surface area contributed by atoms with Gasteiger partial charge >= 0.3 is 0 Å². The number of hydrogen-bond acceptors (Lipinski definition) is 2. The molecule has 0 atom stereocenters. The van der Waals surface area contributed by atoms with Crippen LogP contribution in [0.15, 0.2) is 6.33 Å². The van der Waals surface area contributed by atoms with Gasteiger partial charge in [0.05, 0.1) is 7.05 Å². The molecule has 1 amide bonds. The zero-order valence-electron chi connectivity index (χ0n) is 13.3. The van der Waals surface area contributed by atoms with Crippen LogP contribution >= 0.6 is 0 Å². The molecule has 2 rings (SSSR count). The number of rotatable bonds is 3. The number of carbonyl (C=O) groups excluding carboxylic acids is 1. The Morgan fingerprint density at radius 3 is 2.50 bits per heavy atom. The van der Waals surface area contributed by atoms with Crippen LogP contribution in [0.2, 0.25) is 0 Å². The molecule has 2 heterocycles. The largest absolute Gasteiger partial charge is 0.344 e. The van der Waals surface area contributed by atoms with Crippen LogP contribution in [0, 0.1) is 6.92 Å². The second-order valence-electron chi connectivity index (χ2n) is 6.50. The Morgan fingerprint density at radius 1 is 1.45 bits per heavy atom. The SMILES string of the molecule is Cc1[nH]c[n+](C)c1C(=O)NC1(C)CCN(C(C)C)CC1. The van der Waals surface area contributed by atoms with Crippen LogP contribution in [0.1, 0.15) is 49.8 Å². The van der Waals surface area contributed by atoms with Gasteiger partial charge in [0.1, 0.15) is 0 Å². The molecule has 5 heteroatoms. The number of carbonyl (C=O) groups is 1. The Morgan fingerprint density at radius 2 is 2.05 bits per heavy atom. The lowest BCUT2D eigenvalue weighted by molar-refractivity contribution is -0.672. The number of amides is 1. The Kier molecular flexibility index (Phi) is 4.18. The molecular formula is C15H27N4O+. The second kappa shape index (κ2) is 5.56. The van der Waals surface area contributed by atoms with Gasteiger partial charge in [0.2, 0.25) is 12.0 Å². The molecule has 0 bridgehead atoms. The number of piperidine rings is 1. The summed E-state index contributed by atoms with van der Waals surface area (Å²) in [5.74, 6) is 0.0201. The van der Waals surface area contributed by atoms with Crippen molar-refractivity contribution in [3.05, 3.63) is 17.7 Å². The number of imidazole rings is 1. The van der Waals surface area contributed by atoms with Crippen LogP contribution in [0.25, 0.3) is 0 Å². The minimum Gasteiger partial charge on any atom is -0.344 e. The quantitative estimate of drug-likeness (QED) is 0.815. The summed E-state index contributed by atoms with van der Waals surface area (Å²) in [6.45, 7) is 10.6. The van der Waals surface area contributed by atoms with Crippen molar-refractivity contribution in [1.82, 2.24) is 15.2 Å². The number of H-pyrrole nitrogens is 1. The van der Waals surface area contributed by atoms with Gasteiger partial charge in [-0.05, 0) is 33.6 Å². The maximum Gasteiger partial charge on any atom is 0.295 e. The fraction of sp³-hybridized carbons (Fsp3) is 0.733.